The highest BCUT2D eigenvalue weighted by atomic mass is 28.4. The molecule has 0 amide bonds. The Bertz CT molecular complexity index is 1040. The van der Waals surface area contributed by atoms with E-state index in [1.807, 2.05) is 0 Å². The molecule has 0 radical (unpaired) electrons. The molecule has 65 heavy (non-hydrogen) atoms. The predicted octanol–water partition coefficient (Wildman–Crippen LogP) is 3.15. The minimum atomic E-state index is -2.71. The Morgan fingerprint density at radius 2 is 0.738 bits per heavy atom. The molecule has 19 nitrogen and oxygen atoms in total. The maximum atomic E-state index is 11.1. The van der Waals surface area contributed by atoms with Crippen LogP contribution in [-0.4, -0.2) is 237 Å². The van der Waals surface area contributed by atoms with Crippen LogP contribution in [0.3, 0.4) is 0 Å². The molecule has 0 heterocycles. The van der Waals surface area contributed by atoms with Crippen LogP contribution in [0.25, 0.3) is 0 Å². The fourth-order valence-electron chi connectivity index (χ4n) is 7.86. The second-order valence-electron chi connectivity index (χ2n) is 17.7. The Kier molecular flexibility index (Phi) is 37.6. The average molecular weight is 997 g/mol. The molecule has 392 valence electrons. The van der Waals surface area contributed by atoms with Gasteiger partial charge in [0.2, 0.25) is 0 Å². The van der Waals surface area contributed by atoms with E-state index in [0.717, 1.165) is 25.7 Å². The molecule has 0 aliphatic carbocycles. The molecule has 0 saturated carbocycles. The first-order chi connectivity index (χ1) is 30.9. The van der Waals surface area contributed by atoms with Gasteiger partial charge in [0, 0.05) is 141 Å². The lowest BCUT2D eigenvalue weighted by Gasteiger charge is -2.35. The number of nitrogens with zero attached hydrogens (tertiary/aromatic N) is 2. The molecule has 0 fully saturated rings. The van der Waals surface area contributed by atoms with Crippen LogP contribution in [0.1, 0.15) is 72.6 Å². The first-order valence-corrected chi connectivity index (χ1v) is 29.2. The van der Waals surface area contributed by atoms with E-state index >= 15 is 0 Å². The largest absolute Gasteiger partial charge is 0.500 e. The van der Waals surface area contributed by atoms with Crippen LogP contribution in [0.15, 0.2) is 0 Å². The van der Waals surface area contributed by atoms with Gasteiger partial charge in [-0.05, 0) is 56.4 Å². The Balaban J connectivity index is 5.62. The van der Waals surface area contributed by atoms with E-state index in [2.05, 4.69) is 37.5 Å². The quantitative estimate of drug-likeness (QED) is 0.0510. The highest BCUT2D eigenvalue weighted by Gasteiger charge is 2.39. The Labute approximate surface area is 396 Å². The fourth-order valence-corrected chi connectivity index (χ4v) is 12.9. The highest BCUT2D eigenvalue weighted by molar-refractivity contribution is 6.61. The molecular weight excluding hydrogens is 901 g/mol. The Hall–Kier alpha value is -0.109. The van der Waals surface area contributed by atoms with Crippen LogP contribution in [0.4, 0.5) is 0 Å². The summed E-state index contributed by atoms with van der Waals surface area (Å²) in [4.78, 5) is 4.18. The summed E-state index contributed by atoms with van der Waals surface area (Å²) < 4.78 is 72.8. The molecule has 0 rings (SSSR count). The molecule has 0 aliphatic heterocycles. The van der Waals surface area contributed by atoms with Gasteiger partial charge in [-0.2, -0.15) is 0 Å². The van der Waals surface area contributed by atoms with Crippen LogP contribution in [-0.2, 0) is 58.8 Å². The molecule has 0 aromatic rings. The smallest absolute Gasteiger partial charge is 0.389 e. The summed E-state index contributed by atoms with van der Waals surface area (Å²) in [6, 6.07) is 1.78. The average Bonchev–Trinajstić information content (AvgIpc) is 3.28. The van der Waals surface area contributed by atoms with Crippen molar-refractivity contribution in [2.75, 3.05) is 156 Å². The van der Waals surface area contributed by atoms with Gasteiger partial charge in [-0.15, -0.1) is 0 Å². The predicted molar refractivity (Wildman–Crippen MR) is 256 cm³/mol. The van der Waals surface area contributed by atoms with Crippen LogP contribution >= 0.6 is 0 Å². The van der Waals surface area contributed by atoms with E-state index in [1.54, 1.807) is 64.0 Å². The first kappa shape index (κ1) is 64.9. The van der Waals surface area contributed by atoms with E-state index in [4.69, 9.17) is 58.8 Å². The van der Waals surface area contributed by atoms with Crippen molar-refractivity contribution in [1.29, 1.82) is 0 Å². The van der Waals surface area contributed by atoms with E-state index < -0.39 is 50.8 Å². The molecule has 0 saturated heterocycles. The molecule has 0 spiro atoms. The lowest BCUT2D eigenvalue weighted by atomic mass is 9.80. The standard InChI is InChI=1S/C43H96N2O17Si3/c1-14-15-21-59-34-39(46)30-44(31-40(47)35-60-22-16-25-63(50-5,51-6)52-7)20-19-43(3,4)28-38(2)29-45(32-41(48)36-61-23-17-26-64(53-8,54-9)55-10)33-42(49)37-62-24-18-27-65(56-11,57-12)58-13/h38-42,46-49H,14-37H2,1-13H3. The van der Waals surface area contributed by atoms with Gasteiger partial charge in [0.15, 0.2) is 0 Å². The SMILES string of the molecule is CCCCOCC(O)CN(CCC(C)(C)CC(C)CN(CC(O)COCCC[Si](OC)(OC)OC)CC(O)COCCC[Si](OC)(OC)OC)CC(O)COCCC[Si](OC)(OC)OC. The number of ether oxygens (including phenoxy) is 4. The summed E-state index contributed by atoms with van der Waals surface area (Å²) in [5.41, 5.74) is -0.118. The number of aliphatic hydroxyl groups excluding tert-OH is 4. The van der Waals surface area contributed by atoms with Gasteiger partial charge in [-0.3, -0.25) is 9.80 Å². The van der Waals surface area contributed by atoms with Crippen LogP contribution in [0.5, 0.6) is 0 Å². The number of hydrogen-bond acceptors (Lipinski definition) is 19. The van der Waals surface area contributed by atoms with Gasteiger partial charge in [0.25, 0.3) is 0 Å². The van der Waals surface area contributed by atoms with Crippen LogP contribution in [0.2, 0.25) is 18.1 Å². The van der Waals surface area contributed by atoms with E-state index in [9.17, 15) is 20.4 Å². The van der Waals surface area contributed by atoms with Gasteiger partial charge in [0.05, 0.1) is 50.8 Å². The number of rotatable bonds is 47. The molecule has 0 aliphatic rings. The fraction of sp³-hybridized carbons (Fsp3) is 1.00. The van der Waals surface area contributed by atoms with Gasteiger partial charge < -0.3 is 79.2 Å². The van der Waals surface area contributed by atoms with Gasteiger partial charge in [-0.1, -0.05) is 34.1 Å². The van der Waals surface area contributed by atoms with E-state index in [-0.39, 0.29) is 37.8 Å². The van der Waals surface area contributed by atoms with Crippen molar-refractivity contribution in [3.63, 3.8) is 0 Å². The van der Waals surface area contributed by atoms with Crippen molar-refractivity contribution >= 4 is 26.4 Å². The first-order valence-electron chi connectivity index (χ1n) is 23.4. The van der Waals surface area contributed by atoms with Crippen LogP contribution < -0.4 is 0 Å². The molecule has 0 aromatic carbocycles. The number of hydrogen-bond donors (Lipinski definition) is 4. The van der Waals surface area contributed by atoms with E-state index in [1.165, 1.54) is 0 Å². The monoisotopic (exact) mass is 997 g/mol. The third-order valence-electron chi connectivity index (χ3n) is 11.4. The normalized spacial score (nSPS) is 15.6. The molecule has 5 unspecified atom stereocenters. The number of aliphatic hydroxyl groups is 4. The van der Waals surface area contributed by atoms with Crippen molar-refractivity contribution in [2.45, 2.75) is 115 Å². The second kappa shape index (κ2) is 37.7. The Morgan fingerprint density at radius 3 is 1.03 bits per heavy atom. The molecule has 5 atom stereocenters. The number of unbranched alkanes of at least 4 members (excludes halogenated alkanes) is 1. The third-order valence-corrected chi connectivity index (χ3v) is 19.9. The molecule has 0 bridgehead atoms. The summed E-state index contributed by atoms with van der Waals surface area (Å²) in [7, 11) is 6.12. The zero-order chi connectivity index (χ0) is 49.2. The highest BCUT2D eigenvalue weighted by Crippen LogP contribution is 2.30. The van der Waals surface area contributed by atoms with Gasteiger partial charge in [0.1, 0.15) is 0 Å². The molecule has 22 heteroatoms. The zero-order valence-electron chi connectivity index (χ0n) is 42.8. The van der Waals surface area contributed by atoms with Crippen molar-refractivity contribution in [2.24, 2.45) is 11.3 Å². The minimum Gasteiger partial charge on any atom is -0.389 e. The minimum absolute atomic E-state index is 0.118. The Morgan fingerprint density at radius 1 is 0.446 bits per heavy atom. The molecular formula is C43H96N2O17Si3. The van der Waals surface area contributed by atoms with Crippen molar-refractivity contribution in [3.05, 3.63) is 0 Å². The summed E-state index contributed by atoms with van der Waals surface area (Å²) in [6.45, 7) is 13.8. The van der Waals surface area contributed by atoms with Gasteiger partial charge >= 0.3 is 26.4 Å². The lowest BCUT2D eigenvalue weighted by Crippen LogP contribution is -2.44. The van der Waals surface area contributed by atoms with Gasteiger partial charge in [-0.25, -0.2) is 0 Å². The summed E-state index contributed by atoms with van der Waals surface area (Å²) in [5.74, 6) is 0.192. The molecule has 0 aromatic heterocycles. The van der Waals surface area contributed by atoms with Crippen LogP contribution in [0, 0.1) is 11.3 Å². The van der Waals surface area contributed by atoms with E-state index in [0.29, 0.717) is 103 Å². The zero-order valence-corrected chi connectivity index (χ0v) is 45.8. The third kappa shape index (κ3) is 29.6. The maximum Gasteiger partial charge on any atom is 0.500 e. The summed E-state index contributed by atoms with van der Waals surface area (Å²) in [5, 5.41) is 44.2. The lowest BCUT2D eigenvalue weighted by molar-refractivity contribution is -0.0169. The summed E-state index contributed by atoms with van der Waals surface area (Å²) >= 11 is 0. The topological polar surface area (TPSA) is 207 Å². The maximum absolute atomic E-state index is 11.1. The molecule has 4 N–H and O–H groups in total. The van der Waals surface area contributed by atoms with Crippen molar-refractivity contribution in [1.82, 2.24) is 9.80 Å². The summed E-state index contributed by atoms with van der Waals surface area (Å²) in [6.07, 6.45) is 2.54. The van der Waals surface area contributed by atoms with Crippen molar-refractivity contribution in [3.8, 4) is 0 Å². The second-order valence-corrected chi connectivity index (χ2v) is 26.9. The van der Waals surface area contributed by atoms with Crippen molar-refractivity contribution < 1.29 is 79.2 Å².